The Morgan fingerprint density at radius 2 is 2.14 bits per heavy atom. The maximum absolute atomic E-state index is 13.7. The monoisotopic (exact) mass is 281 g/mol. The molecule has 106 valence electrons. The third kappa shape index (κ3) is 2.09. The van der Waals surface area contributed by atoms with Crippen molar-refractivity contribution in [3.8, 4) is 5.75 Å². The molecule has 2 aromatic carbocycles. The van der Waals surface area contributed by atoms with Crippen LogP contribution in [0.15, 0.2) is 48.7 Å². The Hall–Kier alpha value is -2.29. The molecule has 1 atom stereocenters. The molecule has 0 fully saturated rings. The Morgan fingerprint density at radius 3 is 3.05 bits per heavy atom. The lowest BCUT2D eigenvalue weighted by Crippen LogP contribution is -2.20. The van der Waals surface area contributed by atoms with Crippen molar-refractivity contribution in [2.24, 2.45) is 0 Å². The van der Waals surface area contributed by atoms with Gasteiger partial charge in [0.05, 0.1) is 12.1 Å². The molecule has 0 spiro atoms. The van der Waals surface area contributed by atoms with Gasteiger partial charge in [-0.3, -0.25) is 0 Å². The highest BCUT2D eigenvalue weighted by Crippen LogP contribution is 2.30. The summed E-state index contributed by atoms with van der Waals surface area (Å²) in [6.07, 6.45) is 2.96. The number of fused-ring (bicyclic) bond motifs is 2. The highest BCUT2D eigenvalue weighted by atomic mass is 19.1. The van der Waals surface area contributed by atoms with E-state index in [1.54, 1.807) is 6.07 Å². The van der Waals surface area contributed by atoms with Gasteiger partial charge in [0.1, 0.15) is 17.7 Å². The molecule has 0 amide bonds. The lowest BCUT2D eigenvalue weighted by atomic mass is 10.1. The highest BCUT2D eigenvalue weighted by Gasteiger charge is 2.23. The second kappa shape index (κ2) is 4.62. The Balaban J connectivity index is 1.61. The van der Waals surface area contributed by atoms with Crippen molar-refractivity contribution in [1.29, 1.82) is 0 Å². The van der Waals surface area contributed by atoms with Gasteiger partial charge in [-0.2, -0.15) is 0 Å². The second-order valence-electron chi connectivity index (χ2n) is 5.70. The summed E-state index contributed by atoms with van der Waals surface area (Å²) in [6.45, 7) is 2.83. The summed E-state index contributed by atoms with van der Waals surface area (Å²) >= 11 is 0. The molecule has 1 unspecified atom stereocenters. The molecule has 0 saturated heterocycles. The van der Waals surface area contributed by atoms with Crippen LogP contribution >= 0.6 is 0 Å². The normalized spacial score (nSPS) is 17.0. The standard InChI is InChI=1S/C18H16FNO/c1-12-5-6-18-13(9-12)10-14(21-18)11-20-8-7-15-16(19)3-2-4-17(15)20/h2-9,14H,10-11H2,1H3. The first-order chi connectivity index (χ1) is 10.2. The van der Waals surface area contributed by atoms with Crippen LogP contribution in [0.25, 0.3) is 10.9 Å². The smallest absolute Gasteiger partial charge is 0.132 e. The van der Waals surface area contributed by atoms with E-state index < -0.39 is 0 Å². The molecule has 0 radical (unpaired) electrons. The molecule has 1 aromatic heterocycles. The number of hydrogen-bond acceptors (Lipinski definition) is 1. The average Bonchev–Trinajstić information content (AvgIpc) is 3.04. The van der Waals surface area contributed by atoms with E-state index in [-0.39, 0.29) is 11.9 Å². The minimum Gasteiger partial charge on any atom is -0.488 e. The van der Waals surface area contributed by atoms with Crippen molar-refractivity contribution in [3.05, 3.63) is 65.6 Å². The van der Waals surface area contributed by atoms with Gasteiger partial charge in [-0.25, -0.2) is 4.39 Å². The van der Waals surface area contributed by atoms with Crippen molar-refractivity contribution in [1.82, 2.24) is 4.57 Å². The predicted molar refractivity (Wildman–Crippen MR) is 81.2 cm³/mol. The molecular formula is C18H16FNO. The SMILES string of the molecule is Cc1ccc2c(c1)CC(Cn1ccc3c(F)cccc31)O2. The van der Waals surface area contributed by atoms with Gasteiger partial charge in [0.15, 0.2) is 0 Å². The average molecular weight is 281 g/mol. The van der Waals surface area contributed by atoms with Crippen LogP contribution < -0.4 is 4.74 Å². The van der Waals surface area contributed by atoms with Gasteiger partial charge in [-0.05, 0) is 36.8 Å². The third-order valence-corrected chi connectivity index (χ3v) is 4.12. The Bertz CT molecular complexity index is 821. The molecule has 3 heteroatoms. The van der Waals surface area contributed by atoms with Crippen molar-refractivity contribution in [2.45, 2.75) is 26.0 Å². The fourth-order valence-electron chi connectivity index (χ4n) is 3.12. The van der Waals surface area contributed by atoms with Crippen molar-refractivity contribution >= 4 is 10.9 Å². The number of nitrogens with zero attached hydrogens (tertiary/aromatic N) is 1. The summed E-state index contributed by atoms with van der Waals surface area (Å²) in [5.41, 5.74) is 3.44. The van der Waals surface area contributed by atoms with E-state index in [4.69, 9.17) is 4.74 Å². The number of hydrogen-bond donors (Lipinski definition) is 0. The number of aromatic nitrogens is 1. The van der Waals surface area contributed by atoms with Crippen LogP contribution in [-0.2, 0) is 13.0 Å². The topological polar surface area (TPSA) is 14.2 Å². The van der Waals surface area contributed by atoms with Gasteiger partial charge in [0.25, 0.3) is 0 Å². The third-order valence-electron chi connectivity index (χ3n) is 4.12. The number of halogens is 1. The maximum Gasteiger partial charge on any atom is 0.132 e. The van der Waals surface area contributed by atoms with Gasteiger partial charge in [-0.15, -0.1) is 0 Å². The number of aryl methyl sites for hydroxylation is 1. The maximum atomic E-state index is 13.7. The first-order valence-corrected chi connectivity index (χ1v) is 7.20. The molecule has 3 aromatic rings. The van der Waals surface area contributed by atoms with E-state index in [9.17, 15) is 4.39 Å². The summed E-state index contributed by atoms with van der Waals surface area (Å²) in [5.74, 6) is 0.811. The highest BCUT2D eigenvalue weighted by molar-refractivity contribution is 5.80. The summed E-state index contributed by atoms with van der Waals surface area (Å²) in [5, 5.41) is 0.670. The molecule has 2 nitrogen and oxygen atoms in total. The van der Waals surface area contributed by atoms with E-state index in [1.165, 1.54) is 17.2 Å². The largest absolute Gasteiger partial charge is 0.488 e. The summed E-state index contributed by atoms with van der Waals surface area (Å²) in [7, 11) is 0. The number of rotatable bonds is 2. The van der Waals surface area contributed by atoms with E-state index in [1.807, 2.05) is 24.4 Å². The van der Waals surface area contributed by atoms with Crippen molar-refractivity contribution in [2.75, 3.05) is 0 Å². The molecule has 0 saturated carbocycles. The second-order valence-corrected chi connectivity index (χ2v) is 5.70. The molecule has 21 heavy (non-hydrogen) atoms. The molecule has 1 aliphatic heterocycles. The van der Waals surface area contributed by atoms with Crippen molar-refractivity contribution < 1.29 is 9.13 Å². The lowest BCUT2D eigenvalue weighted by molar-refractivity contribution is 0.211. The fraction of sp³-hybridized carbons (Fsp3) is 0.222. The van der Waals surface area contributed by atoms with E-state index in [0.717, 1.165) is 24.2 Å². The van der Waals surface area contributed by atoms with Crippen LogP contribution in [0, 0.1) is 12.7 Å². The molecule has 0 N–H and O–H groups in total. The van der Waals surface area contributed by atoms with E-state index >= 15 is 0 Å². The van der Waals surface area contributed by atoms with Gasteiger partial charge < -0.3 is 9.30 Å². The number of ether oxygens (including phenoxy) is 1. The summed E-state index contributed by atoms with van der Waals surface area (Å²) < 4.78 is 21.8. The Morgan fingerprint density at radius 1 is 1.24 bits per heavy atom. The Kier molecular flexibility index (Phi) is 2.74. The number of benzene rings is 2. The van der Waals surface area contributed by atoms with Crippen LogP contribution in [0.2, 0.25) is 0 Å². The van der Waals surface area contributed by atoms with Crippen LogP contribution in [0.1, 0.15) is 11.1 Å². The zero-order valence-electron chi connectivity index (χ0n) is 11.8. The molecular weight excluding hydrogens is 265 g/mol. The lowest BCUT2D eigenvalue weighted by Gasteiger charge is -2.12. The van der Waals surface area contributed by atoms with Gasteiger partial charge in [0, 0.05) is 18.0 Å². The summed E-state index contributed by atoms with van der Waals surface area (Å²) in [6, 6.07) is 13.3. The zero-order chi connectivity index (χ0) is 14.4. The summed E-state index contributed by atoms with van der Waals surface area (Å²) in [4.78, 5) is 0. The minimum atomic E-state index is -0.169. The fourth-order valence-corrected chi connectivity index (χ4v) is 3.12. The minimum absolute atomic E-state index is 0.112. The first kappa shape index (κ1) is 12.5. The van der Waals surface area contributed by atoms with E-state index in [2.05, 4.69) is 23.6 Å². The van der Waals surface area contributed by atoms with Gasteiger partial charge >= 0.3 is 0 Å². The van der Waals surface area contributed by atoms with Gasteiger partial charge in [0.2, 0.25) is 0 Å². The van der Waals surface area contributed by atoms with Crippen LogP contribution in [0.5, 0.6) is 5.75 Å². The van der Waals surface area contributed by atoms with E-state index in [0.29, 0.717) is 5.39 Å². The van der Waals surface area contributed by atoms with Crippen LogP contribution in [0.4, 0.5) is 4.39 Å². The molecule has 4 rings (SSSR count). The van der Waals surface area contributed by atoms with Gasteiger partial charge in [-0.1, -0.05) is 23.8 Å². The molecule has 1 aliphatic rings. The zero-order valence-corrected chi connectivity index (χ0v) is 11.8. The first-order valence-electron chi connectivity index (χ1n) is 7.20. The Labute approximate surface area is 122 Å². The predicted octanol–water partition coefficient (Wildman–Crippen LogP) is 4.09. The van der Waals surface area contributed by atoms with Crippen LogP contribution in [0.3, 0.4) is 0 Å². The van der Waals surface area contributed by atoms with Crippen molar-refractivity contribution in [3.63, 3.8) is 0 Å². The molecule has 2 heterocycles. The quantitative estimate of drug-likeness (QED) is 0.690. The molecule has 0 aliphatic carbocycles. The van der Waals surface area contributed by atoms with Crippen LogP contribution in [-0.4, -0.2) is 10.7 Å². The molecule has 0 bridgehead atoms.